The molecule has 2 heterocycles. The minimum absolute atomic E-state index is 0.0266. The second-order valence-electron chi connectivity index (χ2n) is 4.94. The topological polar surface area (TPSA) is 85.2 Å². The maximum absolute atomic E-state index is 12.4. The van der Waals surface area contributed by atoms with Crippen LogP contribution in [-0.2, 0) is 10.0 Å². The van der Waals surface area contributed by atoms with E-state index >= 15 is 0 Å². The summed E-state index contributed by atoms with van der Waals surface area (Å²) < 4.78 is 27.9. The number of carbonyl (C=O) groups excluding carboxylic acids is 1. The molecule has 0 atom stereocenters. The Morgan fingerprint density at radius 1 is 1.24 bits per heavy atom. The summed E-state index contributed by atoms with van der Waals surface area (Å²) in [5.41, 5.74) is 0.498. The summed E-state index contributed by atoms with van der Waals surface area (Å²) >= 11 is 0. The van der Waals surface area contributed by atoms with Crippen LogP contribution in [-0.4, -0.2) is 46.6 Å². The molecule has 21 heavy (non-hydrogen) atoms. The van der Waals surface area contributed by atoms with Gasteiger partial charge >= 0.3 is 0 Å². The summed E-state index contributed by atoms with van der Waals surface area (Å²) in [6.45, 7) is 2.20. The number of ketones is 1. The summed E-state index contributed by atoms with van der Waals surface area (Å²) in [7, 11) is -3.51. The van der Waals surface area contributed by atoms with Crippen LogP contribution in [0.4, 0.5) is 0 Å². The van der Waals surface area contributed by atoms with Crippen LogP contribution in [0.2, 0.25) is 0 Å². The molecule has 7 nitrogen and oxygen atoms in total. The Hall–Kier alpha value is -2.06. The Bertz CT molecular complexity index is 747. The zero-order valence-electron chi connectivity index (χ0n) is 11.4. The third-order valence-corrected chi connectivity index (χ3v) is 5.39. The van der Waals surface area contributed by atoms with Gasteiger partial charge in [-0.25, -0.2) is 13.1 Å². The first-order chi connectivity index (χ1) is 9.98. The SMILES string of the molecule is CC(=O)c1ccc(S(=O)(=O)N2CC(n3ccnn3)C2)cc1. The molecular formula is C13H14N4O3S. The van der Waals surface area contributed by atoms with Crippen LogP contribution in [0.3, 0.4) is 0 Å². The van der Waals surface area contributed by atoms with E-state index in [2.05, 4.69) is 10.3 Å². The Morgan fingerprint density at radius 2 is 1.90 bits per heavy atom. The predicted octanol–water partition coefficient (Wildman–Crippen LogP) is 0.726. The summed E-state index contributed by atoms with van der Waals surface area (Å²) in [6, 6.07) is 6.02. The minimum atomic E-state index is -3.51. The summed E-state index contributed by atoms with van der Waals surface area (Å²) in [4.78, 5) is 11.4. The van der Waals surface area contributed by atoms with Gasteiger partial charge in [0.15, 0.2) is 5.78 Å². The minimum Gasteiger partial charge on any atom is -0.295 e. The predicted molar refractivity (Wildman–Crippen MR) is 74.3 cm³/mol. The molecule has 1 aromatic heterocycles. The Labute approximate surface area is 122 Å². The lowest BCUT2D eigenvalue weighted by Crippen LogP contribution is -2.50. The van der Waals surface area contributed by atoms with Crippen LogP contribution in [0.1, 0.15) is 23.3 Å². The molecule has 1 aromatic carbocycles. The van der Waals surface area contributed by atoms with Crippen LogP contribution in [0.15, 0.2) is 41.6 Å². The van der Waals surface area contributed by atoms with Gasteiger partial charge in [0.05, 0.1) is 17.1 Å². The van der Waals surface area contributed by atoms with Crippen molar-refractivity contribution in [3.05, 3.63) is 42.2 Å². The molecule has 1 fully saturated rings. The van der Waals surface area contributed by atoms with E-state index in [1.807, 2.05) is 0 Å². The van der Waals surface area contributed by atoms with Crippen LogP contribution in [0, 0.1) is 0 Å². The Balaban J connectivity index is 1.75. The highest BCUT2D eigenvalue weighted by atomic mass is 32.2. The molecule has 0 saturated carbocycles. The second-order valence-corrected chi connectivity index (χ2v) is 6.88. The van der Waals surface area contributed by atoms with Gasteiger partial charge in [0.25, 0.3) is 0 Å². The zero-order valence-corrected chi connectivity index (χ0v) is 12.2. The third-order valence-electron chi connectivity index (χ3n) is 3.54. The molecule has 3 rings (SSSR count). The van der Waals surface area contributed by atoms with Crippen molar-refractivity contribution < 1.29 is 13.2 Å². The summed E-state index contributed by atoms with van der Waals surface area (Å²) in [5.74, 6) is -0.0888. The standard InChI is InChI=1S/C13H14N4O3S/c1-10(18)11-2-4-13(5-3-11)21(19,20)16-8-12(9-16)17-7-6-14-15-17/h2-7,12H,8-9H2,1H3. The molecule has 1 aliphatic rings. The number of Topliss-reactive ketones (excluding diaryl/α,β-unsaturated/α-hetero) is 1. The van der Waals surface area contributed by atoms with E-state index in [0.717, 1.165) is 0 Å². The molecular weight excluding hydrogens is 292 g/mol. The molecule has 0 aliphatic carbocycles. The molecule has 110 valence electrons. The quantitative estimate of drug-likeness (QED) is 0.777. The molecule has 1 aliphatic heterocycles. The lowest BCUT2D eigenvalue weighted by Gasteiger charge is -2.37. The number of hydrogen-bond donors (Lipinski definition) is 0. The van der Waals surface area contributed by atoms with Crippen molar-refractivity contribution in [2.24, 2.45) is 0 Å². The van der Waals surface area contributed by atoms with Gasteiger partial charge in [-0.1, -0.05) is 17.3 Å². The van der Waals surface area contributed by atoms with Gasteiger partial charge in [-0.05, 0) is 19.1 Å². The van der Waals surface area contributed by atoms with Crippen molar-refractivity contribution in [2.75, 3.05) is 13.1 Å². The molecule has 0 amide bonds. The maximum atomic E-state index is 12.4. The molecule has 2 aromatic rings. The molecule has 0 unspecified atom stereocenters. The van der Waals surface area contributed by atoms with Crippen LogP contribution >= 0.6 is 0 Å². The lowest BCUT2D eigenvalue weighted by atomic mass is 10.2. The van der Waals surface area contributed by atoms with Gasteiger partial charge in [-0.2, -0.15) is 4.31 Å². The largest absolute Gasteiger partial charge is 0.295 e. The van der Waals surface area contributed by atoms with Crippen molar-refractivity contribution in [2.45, 2.75) is 17.9 Å². The number of nitrogens with zero attached hydrogens (tertiary/aromatic N) is 4. The fourth-order valence-electron chi connectivity index (χ4n) is 2.20. The van der Waals surface area contributed by atoms with Crippen molar-refractivity contribution in [1.82, 2.24) is 19.3 Å². The molecule has 0 spiro atoms. The maximum Gasteiger partial charge on any atom is 0.243 e. The number of carbonyl (C=O) groups is 1. The van der Waals surface area contributed by atoms with Gasteiger partial charge in [-0.15, -0.1) is 5.10 Å². The van der Waals surface area contributed by atoms with Crippen LogP contribution in [0.5, 0.6) is 0 Å². The van der Waals surface area contributed by atoms with E-state index in [1.54, 1.807) is 17.1 Å². The normalized spacial score (nSPS) is 16.6. The number of sulfonamides is 1. The lowest BCUT2D eigenvalue weighted by molar-refractivity contribution is 0.101. The highest BCUT2D eigenvalue weighted by molar-refractivity contribution is 7.89. The van der Waals surface area contributed by atoms with E-state index in [4.69, 9.17) is 0 Å². The van der Waals surface area contributed by atoms with Crippen LogP contribution < -0.4 is 0 Å². The Morgan fingerprint density at radius 3 is 2.43 bits per heavy atom. The van der Waals surface area contributed by atoms with Gasteiger partial charge < -0.3 is 0 Å². The second kappa shape index (κ2) is 5.05. The molecule has 8 heteroatoms. The van der Waals surface area contributed by atoms with E-state index in [-0.39, 0.29) is 16.7 Å². The number of hydrogen-bond acceptors (Lipinski definition) is 5. The molecule has 0 radical (unpaired) electrons. The molecule has 0 N–H and O–H groups in total. The first kappa shape index (κ1) is 13.9. The first-order valence-corrected chi connectivity index (χ1v) is 7.89. The number of benzene rings is 1. The zero-order chi connectivity index (χ0) is 15.0. The van der Waals surface area contributed by atoms with E-state index in [9.17, 15) is 13.2 Å². The van der Waals surface area contributed by atoms with Gasteiger partial charge in [0.2, 0.25) is 10.0 Å². The summed E-state index contributed by atoms with van der Waals surface area (Å²) in [6.07, 6.45) is 3.29. The van der Waals surface area contributed by atoms with Gasteiger partial charge in [-0.3, -0.25) is 4.79 Å². The van der Waals surface area contributed by atoms with Gasteiger partial charge in [0.1, 0.15) is 0 Å². The van der Waals surface area contributed by atoms with Crippen molar-refractivity contribution in [3.63, 3.8) is 0 Å². The van der Waals surface area contributed by atoms with Crippen LogP contribution in [0.25, 0.3) is 0 Å². The highest BCUT2D eigenvalue weighted by Crippen LogP contribution is 2.27. The van der Waals surface area contributed by atoms with E-state index in [1.165, 1.54) is 35.5 Å². The fraction of sp³-hybridized carbons (Fsp3) is 0.308. The average molecular weight is 306 g/mol. The number of aromatic nitrogens is 3. The molecule has 1 saturated heterocycles. The van der Waals surface area contributed by atoms with Crippen molar-refractivity contribution in [3.8, 4) is 0 Å². The van der Waals surface area contributed by atoms with Crippen molar-refractivity contribution >= 4 is 15.8 Å². The average Bonchev–Trinajstić information content (AvgIpc) is 2.90. The summed E-state index contributed by atoms with van der Waals surface area (Å²) in [5, 5.41) is 7.58. The van der Waals surface area contributed by atoms with E-state index < -0.39 is 10.0 Å². The smallest absolute Gasteiger partial charge is 0.243 e. The first-order valence-electron chi connectivity index (χ1n) is 6.45. The van der Waals surface area contributed by atoms with E-state index in [0.29, 0.717) is 18.7 Å². The fourth-order valence-corrected chi connectivity index (χ4v) is 3.72. The molecule has 0 bridgehead atoms. The highest BCUT2D eigenvalue weighted by Gasteiger charge is 2.38. The third kappa shape index (κ3) is 2.47. The number of rotatable bonds is 4. The monoisotopic (exact) mass is 306 g/mol. The van der Waals surface area contributed by atoms with Crippen molar-refractivity contribution in [1.29, 1.82) is 0 Å². The van der Waals surface area contributed by atoms with Gasteiger partial charge in [0, 0.05) is 24.8 Å². The Kier molecular flexibility index (Phi) is 3.34.